The highest BCUT2D eigenvalue weighted by Gasteiger charge is 2.17. The van der Waals surface area contributed by atoms with Gasteiger partial charge >= 0.3 is 0 Å². The Morgan fingerprint density at radius 3 is 3.00 bits per heavy atom. The van der Waals surface area contributed by atoms with E-state index in [2.05, 4.69) is 10.3 Å². The molecule has 3 heterocycles. The number of rotatable bonds is 3. The molecule has 24 heavy (non-hydrogen) atoms. The molecule has 4 aromatic rings. The third-order valence-electron chi connectivity index (χ3n) is 3.83. The summed E-state index contributed by atoms with van der Waals surface area (Å²) in [6.07, 6.45) is 1.73. The standard InChI is InChI=1S/C18H14N2O3S/c1-10-16(18(21)19-2)12-4-3-11(9-15(12)22-10)23-14-5-7-20-13-6-8-24-17(13)14/h3-9H,1-2H3,(H,19,21). The number of carbonyl (C=O) groups excluding carboxylic acids is 1. The van der Waals surface area contributed by atoms with Crippen LogP contribution in [-0.2, 0) is 0 Å². The van der Waals surface area contributed by atoms with E-state index in [1.165, 1.54) is 0 Å². The zero-order valence-electron chi connectivity index (χ0n) is 13.1. The molecule has 1 N–H and O–H groups in total. The number of nitrogens with one attached hydrogen (secondary N) is 1. The quantitative estimate of drug-likeness (QED) is 0.597. The van der Waals surface area contributed by atoms with Crippen LogP contribution in [0.25, 0.3) is 21.2 Å². The third kappa shape index (κ3) is 2.32. The fourth-order valence-electron chi connectivity index (χ4n) is 2.73. The van der Waals surface area contributed by atoms with E-state index in [9.17, 15) is 4.79 Å². The molecule has 0 atom stereocenters. The van der Waals surface area contributed by atoms with Crippen molar-refractivity contribution in [2.75, 3.05) is 7.05 Å². The summed E-state index contributed by atoms with van der Waals surface area (Å²) in [5.41, 5.74) is 2.10. The third-order valence-corrected chi connectivity index (χ3v) is 4.75. The van der Waals surface area contributed by atoms with E-state index in [-0.39, 0.29) is 5.91 Å². The van der Waals surface area contributed by atoms with Gasteiger partial charge in [0, 0.05) is 30.8 Å². The van der Waals surface area contributed by atoms with E-state index in [1.807, 2.05) is 29.6 Å². The second-order valence-electron chi connectivity index (χ2n) is 5.32. The molecule has 0 spiro atoms. The van der Waals surface area contributed by atoms with Crippen LogP contribution >= 0.6 is 11.3 Å². The monoisotopic (exact) mass is 338 g/mol. The Kier molecular flexibility index (Phi) is 3.46. The fraction of sp³-hybridized carbons (Fsp3) is 0.111. The van der Waals surface area contributed by atoms with Crippen LogP contribution in [0.15, 0.2) is 46.3 Å². The van der Waals surface area contributed by atoms with Crippen LogP contribution in [-0.4, -0.2) is 17.9 Å². The Morgan fingerprint density at radius 1 is 1.29 bits per heavy atom. The maximum atomic E-state index is 12.0. The van der Waals surface area contributed by atoms with Crippen LogP contribution in [0.5, 0.6) is 11.5 Å². The number of hydrogen-bond acceptors (Lipinski definition) is 5. The van der Waals surface area contributed by atoms with E-state index < -0.39 is 0 Å². The number of aromatic nitrogens is 1. The molecule has 0 saturated carbocycles. The van der Waals surface area contributed by atoms with E-state index >= 15 is 0 Å². The Bertz CT molecular complexity index is 1060. The summed E-state index contributed by atoms with van der Waals surface area (Å²) in [5, 5.41) is 5.39. The minimum atomic E-state index is -0.158. The Balaban J connectivity index is 1.76. The van der Waals surface area contributed by atoms with Crippen LogP contribution in [0, 0.1) is 6.92 Å². The minimum Gasteiger partial charge on any atom is -0.460 e. The second kappa shape index (κ2) is 5.65. The molecule has 0 radical (unpaired) electrons. The Labute approximate surface area is 141 Å². The van der Waals surface area contributed by atoms with Gasteiger partial charge in [0.1, 0.15) is 22.8 Å². The van der Waals surface area contributed by atoms with Gasteiger partial charge in [-0.2, -0.15) is 0 Å². The van der Waals surface area contributed by atoms with E-state index in [0.717, 1.165) is 21.4 Å². The van der Waals surface area contributed by atoms with Crippen molar-refractivity contribution in [2.24, 2.45) is 0 Å². The summed E-state index contributed by atoms with van der Waals surface area (Å²) in [7, 11) is 1.60. The molecular weight excluding hydrogens is 324 g/mol. The summed E-state index contributed by atoms with van der Waals surface area (Å²) >= 11 is 1.59. The number of nitrogens with zero attached hydrogens (tertiary/aromatic N) is 1. The molecule has 1 amide bonds. The maximum Gasteiger partial charge on any atom is 0.255 e. The lowest BCUT2D eigenvalue weighted by molar-refractivity contribution is 0.0963. The molecule has 3 aromatic heterocycles. The average Bonchev–Trinajstić information content (AvgIpc) is 3.18. The van der Waals surface area contributed by atoms with Crippen LogP contribution in [0.2, 0.25) is 0 Å². The average molecular weight is 338 g/mol. The summed E-state index contributed by atoms with van der Waals surface area (Å²) in [6.45, 7) is 1.78. The minimum absolute atomic E-state index is 0.158. The molecule has 1 aromatic carbocycles. The topological polar surface area (TPSA) is 64.4 Å². The largest absolute Gasteiger partial charge is 0.460 e. The Morgan fingerprint density at radius 2 is 2.17 bits per heavy atom. The highest BCUT2D eigenvalue weighted by Crippen LogP contribution is 2.35. The summed E-state index contributed by atoms with van der Waals surface area (Å²) in [6, 6.07) is 9.28. The van der Waals surface area contributed by atoms with Gasteiger partial charge in [0.25, 0.3) is 5.91 Å². The molecule has 0 aliphatic rings. The highest BCUT2D eigenvalue weighted by molar-refractivity contribution is 7.17. The lowest BCUT2D eigenvalue weighted by Crippen LogP contribution is -2.18. The number of benzene rings is 1. The van der Waals surface area contributed by atoms with Gasteiger partial charge < -0.3 is 14.5 Å². The predicted octanol–water partition coefficient (Wildman–Crippen LogP) is 4.50. The lowest BCUT2D eigenvalue weighted by atomic mass is 10.1. The molecule has 0 aliphatic heterocycles. The number of aryl methyl sites for hydroxylation is 1. The van der Waals surface area contributed by atoms with Crippen LogP contribution < -0.4 is 10.1 Å². The van der Waals surface area contributed by atoms with Crippen LogP contribution in [0.1, 0.15) is 16.1 Å². The summed E-state index contributed by atoms with van der Waals surface area (Å²) in [4.78, 5) is 16.3. The first-order chi connectivity index (χ1) is 11.7. The van der Waals surface area contributed by atoms with Crippen molar-refractivity contribution in [1.29, 1.82) is 0 Å². The van der Waals surface area contributed by atoms with Gasteiger partial charge in [-0.1, -0.05) is 0 Å². The van der Waals surface area contributed by atoms with E-state index in [1.54, 1.807) is 37.6 Å². The number of furan rings is 1. The molecule has 0 bridgehead atoms. The van der Waals surface area contributed by atoms with Crippen molar-refractivity contribution >= 4 is 38.4 Å². The molecule has 0 saturated heterocycles. The number of amides is 1. The van der Waals surface area contributed by atoms with Gasteiger partial charge in [-0.05, 0) is 30.5 Å². The van der Waals surface area contributed by atoms with Crippen molar-refractivity contribution in [2.45, 2.75) is 6.92 Å². The molecule has 6 heteroatoms. The molecule has 4 rings (SSSR count). The van der Waals surface area contributed by atoms with Crippen molar-refractivity contribution in [3.63, 3.8) is 0 Å². The maximum absolute atomic E-state index is 12.0. The lowest BCUT2D eigenvalue weighted by Gasteiger charge is -2.06. The van der Waals surface area contributed by atoms with E-state index in [0.29, 0.717) is 22.7 Å². The van der Waals surface area contributed by atoms with Gasteiger partial charge in [0.2, 0.25) is 0 Å². The van der Waals surface area contributed by atoms with Gasteiger partial charge in [0.05, 0.1) is 15.8 Å². The molecule has 0 aliphatic carbocycles. The molecule has 120 valence electrons. The van der Waals surface area contributed by atoms with Crippen LogP contribution in [0.4, 0.5) is 0 Å². The highest BCUT2D eigenvalue weighted by atomic mass is 32.1. The van der Waals surface area contributed by atoms with Gasteiger partial charge in [-0.25, -0.2) is 0 Å². The molecule has 0 unspecified atom stereocenters. The predicted molar refractivity (Wildman–Crippen MR) is 94.0 cm³/mol. The smallest absolute Gasteiger partial charge is 0.255 e. The number of hydrogen-bond donors (Lipinski definition) is 1. The van der Waals surface area contributed by atoms with Crippen LogP contribution in [0.3, 0.4) is 0 Å². The first kappa shape index (κ1) is 14.7. The number of pyridine rings is 1. The van der Waals surface area contributed by atoms with Gasteiger partial charge in [-0.15, -0.1) is 11.3 Å². The molecular formula is C18H14N2O3S. The number of fused-ring (bicyclic) bond motifs is 2. The zero-order chi connectivity index (χ0) is 16.7. The SMILES string of the molecule is CNC(=O)c1c(C)oc2cc(Oc3ccnc4ccsc34)ccc12. The fourth-order valence-corrected chi connectivity index (χ4v) is 3.53. The van der Waals surface area contributed by atoms with Gasteiger partial charge in [0.15, 0.2) is 0 Å². The first-order valence-corrected chi connectivity index (χ1v) is 8.30. The second-order valence-corrected chi connectivity index (χ2v) is 6.23. The van der Waals surface area contributed by atoms with Crippen molar-refractivity contribution in [3.05, 3.63) is 53.2 Å². The van der Waals surface area contributed by atoms with Crippen molar-refractivity contribution in [1.82, 2.24) is 10.3 Å². The number of thiophene rings is 1. The number of carbonyl (C=O) groups is 1. The summed E-state index contributed by atoms with van der Waals surface area (Å²) in [5.74, 6) is 1.84. The molecule has 5 nitrogen and oxygen atoms in total. The first-order valence-electron chi connectivity index (χ1n) is 7.42. The zero-order valence-corrected chi connectivity index (χ0v) is 13.9. The normalized spacial score (nSPS) is 11.1. The summed E-state index contributed by atoms with van der Waals surface area (Å²) < 4.78 is 12.7. The molecule has 0 fully saturated rings. The van der Waals surface area contributed by atoms with Crippen molar-refractivity contribution < 1.29 is 13.9 Å². The van der Waals surface area contributed by atoms with E-state index in [4.69, 9.17) is 9.15 Å². The number of ether oxygens (including phenoxy) is 1. The van der Waals surface area contributed by atoms with Gasteiger partial charge in [-0.3, -0.25) is 9.78 Å². The Hall–Kier alpha value is -2.86. The van der Waals surface area contributed by atoms with Crippen molar-refractivity contribution in [3.8, 4) is 11.5 Å².